The van der Waals surface area contributed by atoms with Gasteiger partial charge in [-0.05, 0) is 51.8 Å². The number of rotatable bonds is 3. The minimum atomic E-state index is -0.892. The van der Waals surface area contributed by atoms with E-state index in [0.29, 0.717) is 30.0 Å². The maximum absolute atomic E-state index is 12.4. The second-order valence-corrected chi connectivity index (χ2v) is 7.46. The summed E-state index contributed by atoms with van der Waals surface area (Å²) in [6.45, 7) is 5.68. The predicted molar refractivity (Wildman–Crippen MR) is 93.4 cm³/mol. The number of fused-ring (bicyclic) bond motifs is 1. The molecule has 0 spiro atoms. The first-order valence-corrected chi connectivity index (χ1v) is 8.85. The van der Waals surface area contributed by atoms with Crippen molar-refractivity contribution in [3.8, 4) is 11.5 Å². The number of hydrogen-bond donors (Lipinski definition) is 0. The largest absolute Gasteiger partial charge is 0.460 e. The third-order valence-corrected chi connectivity index (χ3v) is 4.23. The molecule has 2 heterocycles. The van der Waals surface area contributed by atoms with Crippen molar-refractivity contribution in [3.63, 3.8) is 0 Å². The smallest absolute Gasteiger partial charge is 0.397 e. The zero-order valence-electron chi connectivity index (χ0n) is 15.6. The molecule has 3 rings (SSSR count). The highest BCUT2D eigenvalue weighted by molar-refractivity contribution is 6.32. The Morgan fingerprint density at radius 1 is 1.19 bits per heavy atom. The number of esters is 2. The molecule has 1 atom stereocenters. The van der Waals surface area contributed by atoms with Crippen LogP contribution in [0.2, 0.25) is 0 Å². The molecule has 1 saturated heterocycles. The van der Waals surface area contributed by atoms with Gasteiger partial charge >= 0.3 is 17.8 Å². The lowest BCUT2D eigenvalue weighted by atomic mass is 10.2. The molecule has 1 amide bonds. The lowest BCUT2D eigenvalue weighted by Crippen LogP contribution is -2.44. The Bertz CT molecular complexity index is 753. The zero-order valence-corrected chi connectivity index (χ0v) is 15.6. The molecule has 0 radical (unpaired) electrons. The van der Waals surface area contributed by atoms with Crippen LogP contribution in [-0.2, 0) is 19.1 Å². The Morgan fingerprint density at radius 3 is 2.67 bits per heavy atom. The van der Waals surface area contributed by atoms with Crippen molar-refractivity contribution in [2.24, 2.45) is 0 Å². The summed E-state index contributed by atoms with van der Waals surface area (Å²) < 4.78 is 20.9. The van der Waals surface area contributed by atoms with Crippen molar-refractivity contribution in [1.29, 1.82) is 0 Å². The second-order valence-electron chi connectivity index (χ2n) is 7.46. The van der Waals surface area contributed by atoms with E-state index in [1.807, 2.05) is 0 Å². The number of ether oxygens (including phenoxy) is 4. The number of carbonyl (C=O) groups is 3. The minimum absolute atomic E-state index is 0.0157. The first-order chi connectivity index (χ1) is 12.7. The molecule has 0 bridgehead atoms. The normalized spacial score (nSPS) is 18.3. The Labute approximate surface area is 157 Å². The van der Waals surface area contributed by atoms with Crippen molar-refractivity contribution >= 4 is 17.8 Å². The first-order valence-electron chi connectivity index (χ1n) is 8.85. The first kappa shape index (κ1) is 19.0. The number of hydrogen-bond acceptors (Lipinski definition) is 7. The molecule has 0 N–H and O–H groups in total. The van der Waals surface area contributed by atoms with Crippen LogP contribution in [0.3, 0.4) is 0 Å². The topological polar surface area (TPSA) is 91.4 Å². The minimum Gasteiger partial charge on any atom is -0.460 e. The van der Waals surface area contributed by atoms with Gasteiger partial charge in [0.2, 0.25) is 6.79 Å². The summed E-state index contributed by atoms with van der Waals surface area (Å²) in [5, 5.41) is 0. The van der Waals surface area contributed by atoms with Crippen molar-refractivity contribution < 1.29 is 33.3 Å². The molecule has 8 nitrogen and oxygen atoms in total. The van der Waals surface area contributed by atoms with Gasteiger partial charge in [0.05, 0.1) is 11.6 Å². The third kappa shape index (κ3) is 4.50. The summed E-state index contributed by atoms with van der Waals surface area (Å²) in [4.78, 5) is 38.1. The monoisotopic (exact) mass is 377 g/mol. The molecule has 1 aromatic carbocycles. The van der Waals surface area contributed by atoms with E-state index in [-0.39, 0.29) is 19.4 Å². The van der Waals surface area contributed by atoms with Gasteiger partial charge in [0.25, 0.3) is 0 Å². The maximum atomic E-state index is 12.4. The fourth-order valence-corrected chi connectivity index (χ4v) is 2.99. The lowest BCUT2D eigenvalue weighted by molar-refractivity contribution is -0.168. The van der Waals surface area contributed by atoms with Gasteiger partial charge in [0, 0.05) is 6.54 Å². The van der Waals surface area contributed by atoms with E-state index in [9.17, 15) is 14.4 Å². The zero-order chi connectivity index (χ0) is 19.6. The van der Waals surface area contributed by atoms with Crippen LogP contribution in [0.1, 0.15) is 44.0 Å². The summed E-state index contributed by atoms with van der Waals surface area (Å²) >= 11 is 0. The summed E-state index contributed by atoms with van der Waals surface area (Å²) in [7, 11) is 0. The van der Waals surface area contributed by atoms with E-state index >= 15 is 0 Å². The highest BCUT2D eigenvalue weighted by Gasteiger charge is 2.35. The molecule has 0 aliphatic carbocycles. The van der Waals surface area contributed by atoms with Gasteiger partial charge < -0.3 is 23.8 Å². The average Bonchev–Trinajstić information content (AvgIpc) is 3.25. The average molecular weight is 377 g/mol. The van der Waals surface area contributed by atoms with Crippen molar-refractivity contribution in [2.75, 3.05) is 19.9 Å². The number of likely N-dealkylation sites (tertiary alicyclic amines) is 1. The van der Waals surface area contributed by atoms with Gasteiger partial charge in [-0.1, -0.05) is 0 Å². The van der Waals surface area contributed by atoms with E-state index in [4.69, 9.17) is 18.9 Å². The third-order valence-electron chi connectivity index (χ3n) is 4.23. The quantitative estimate of drug-likeness (QED) is 0.587. The molecule has 1 fully saturated rings. The van der Waals surface area contributed by atoms with E-state index in [0.717, 1.165) is 6.42 Å². The molecular formula is C19H23NO7. The molecule has 27 heavy (non-hydrogen) atoms. The molecule has 8 heteroatoms. The van der Waals surface area contributed by atoms with E-state index in [1.54, 1.807) is 39.0 Å². The van der Waals surface area contributed by atoms with E-state index in [1.165, 1.54) is 4.90 Å². The summed E-state index contributed by atoms with van der Waals surface area (Å²) in [6.07, 6.45) is 1.39. The van der Waals surface area contributed by atoms with Crippen molar-refractivity contribution in [1.82, 2.24) is 4.90 Å². The van der Waals surface area contributed by atoms with Gasteiger partial charge in [-0.3, -0.25) is 4.79 Å². The molecule has 0 saturated carbocycles. The lowest BCUT2D eigenvalue weighted by Gasteiger charge is -2.25. The Kier molecular flexibility index (Phi) is 5.25. The van der Waals surface area contributed by atoms with E-state index < -0.39 is 23.4 Å². The Hall–Kier alpha value is -2.77. The van der Waals surface area contributed by atoms with Gasteiger partial charge in [-0.15, -0.1) is 0 Å². The van der Waals surface area contributed by atoms with Crippen molar-refractivity contribution in [2.45, 2.75) is 45.3 Å². The van der Waals surface area contributed by atoms with Gasteiger partial charge in [-0.2, -0.15) is 0 Å². The fourth-order valence-electron chi connectivity index (χ4n) is 2.99. The van der Waals surface area contributed by atoms with Crippen LogP contribution < -0.4 is 9.47 Å². The SMILES string of the molecule is CC(C)(C)OC(=O)C(=O)N1CCC[C@H]1COC(=O)c1ccc2c(c1)OCO2. The van der Waals surface area contributed by atoms with Crippen LogP contribution in [0.25, 0.3) is 0 Å². The maximum Gasteiger partial charge on any atom is 0.397 e. The summed E-state index contributed by atoms with van der Waals surface area (Å²) in [5.74, 6) is -1.04. The van der Waals surface area contributed by atoms with Crippen LogP contribution in [0.4, 0.5) is 0 Å². The molecule has 1 aromatic rings. The molecule has 2 aliphatic heterocycles. The van der Waals surface area contributed by atoms with Crippen LogP contribution in [0.15, 0.2) is 18.2 Å². The second kappa shape index (κ2) is 7.46. The number of carbonyl (C=O) groups excluding carboxylic acids is 3. The summed E-state index contributed by atoms with van der Waals surface area (Å²) in [5.41, 5.74) is -0.407. The number of nitrogens with zero attached hydrogens (tertiary/aromatic N) is 1. The van der Waals surface area contributed by atoms with Gasteiger partial charge in [0.15, 0.2) is 11.5 Å². The van der Waals surface area contributed by atoms with Gasteiger partial charge in [-0.25, -0.2) is 9.59 Å². The molecule has 0 aromatic heterocycles. The van der Waals surface area contributed by atoms with Crippen molar-refractivity contribution in [3.05, 3.63) is 23.8 Å². The van der Waals surface area contributed by atoms with E-state index in [2.05, 4.69) is 0 Å². The fraction of sp³-hybridized carbons (Fsp3) is 0.526. The van der Waals surface area contributed by atoms with Crippen LogP contribution in [0, 0.1) is 0 Å². The molecular weight excluding hydrogens is 354 g/mol. The molecule has 0 unspecified atom stereocenters. The van der Waals surface area contributed by atoms with Gasteiger partial charge in [0.1, 0.15) is 12.2 Å². The molecule has 146 valence electrons. The number of amides is 1. The van der Waals surface area contributed by atoms with Crippen LogP contribution in [-0.4, -0.2) is 54.3 Å². The van der Waals surface area contributed by atoms with Crippen LogP contribution >= 0.6 is 0 Å². The standard InChI is InChI=1S/C19H23NO7/c1-19(2,3)27-18(23)16(21)20-8-4-5-13(20)10-24-17(22)12-6-7-14-15(9-12)26-11-25-14/h6-7,9,13H,4-5,8,10-11H2,1-3H3/t13-/m0/s1. The Balaban J connectivity index is 1.57. The highest BCUT2D eigenvalue weighted by Crippen LogP contribution is 2.32. The van der Waals surface area contributed by atoms with Crippen LogP contribution in [0.5, 0.6) is 11.5 Å². The predicted octanol–water partition coefficient (Wildman–Crippen LogP) is 1.90. The summed E-state index contributed by atoms with van der Waals surface area (Å²) in [6, 6.07) is 4.45. The highest BCUT2D eigenvalue weighted by atomic mass is 16.7. The molecule has 2 aliphatic rings. The Morgan fingerprint density at radius 2 is 1.93 bits per heavy atom. The number of benzene rings is 1.